The Hall–Kier alpha value is -0.640. The maximum atomic E-state index is 4.25. The highest BCUT2D eigenvalue weighted by atomic mass is 79.9. The maximum absolute atomic E-state index is 4.25. The Morgan fingerprint density at radius 2 is 2.31 bits per heavy atom. The Balaban J connectivity index is 2.77. The summed E-state index contributed by atoms with van der Waals surface area (Å²) in [6, 6.07) is 0.439. The lowest BCUT2D eigenvalue weighted by Crippen LogP contribution is -2.15. The minimum atomic E-state index is 0.439. The Morgan fingerprint density at radius 1 is 1.62 bits per heavy atom. The SMILES string of the molecule is CCC(C)Nc1ncc(Br)nc1C. The molecule has 1 N–H and O–H groups in total. The molecule has 0 aliphatic rings. The number of rotatable bonds is 3. The Morgan fingerprint density at radius 3 is 2.85 bits per heavy atom. The molecule has 4 heteroatoms. The lowest BCUT2D eigenvalue weighted by atomic mass is 10.2. The summed E-state index contributed by atoms with van der Waals surface area (Å²) in [5.41, 5.74) is 0.926. The highest BCUT2D eigenvalue weighted by Crippen LogP contribution is 2.13. The van der Waals surface area contributed by atoms with Gasteiger partial charge in [-0.25, -0.2) is 9.97 Å². The van der Waals surface area contributed by atoms with E-state index in [2.05, 4.69) is 45.1 Å². The second kappa shape index (κ2) is 4.56. The molecule has 1 heterocycles. The standard InChI is InChI=1S/C9H14BrN3/c1-4-6(2)12-9-7(3)13-8(10)5-11-9/h5-6H,4H2,1-3H3,(H,11,12). The summed E-state index contributed by atoms with van der Waals surface area (Å²) in [7, 11) is 0. The van der Waals surface area contributed by atoms with Crippen molar-refractivity contribution in [1.82, 2.24) is 9.97 Å². The number of nitrogens with zero attached hydrogens (tertiary/aromatic N) is 2. The second-order valence-corrected chi connectivity index (χ2v) is 3.89. The van der Waals surface area contributed by atoms with Crippen LogP contribution in [-0.2, 0) is 0 Å². The third-order valence-corrected chi connectivity index (χ3v) is 2.29. The van der Waals surface area contributed by atoms with E-state index in [1.807, 2.05) is 6.92 Å². The molecule has 0 saturated carbocycles. The molecule has 0 amide bonds. The fourth-order valence-electron chi connectivity index (χ4n) is 0.930. The molecule has 13 heavy (non-hydrogen) atoms. The van der Waals surface area contributed by atoms with Gasteiger partial charge in [0.2, 0.25) is 0 Å². The molecule has 0 radical (unpaired) electrons. The summed E-state index contributed by atoms with van der Waals surface area (Å²) in [6.45, 7) is 6.21. The van der Waals surface area contributed by atoms with E-state index in [4.69, 9.17) is 0 Å². The summed E-state index contributed by atoms with van der Waals surface area (Å²) >= 11 is 3.28. The van der Waals surface area contributed by atoms with Crippen molar-refractivity contribution in [2.45, 2.75) is 33.2 Å². The second-order valence-electron chi connectivity index (χ2n) is 3.08. The normalized spacial score (nSPS) is 12.6. The van der Waals surface area contributed by atoms with E-state index in [9.17, 15) is 0 Å². The molecule has 1 unspecified atom stereocenters. The van der Waals surface area contributed by atoms with Gasteiger partial charge in [-0.3, -0.25) is 0 Å². The zero-order valence-corrected chi connectivity index (χ0v) is 9.72. The van der Waals surface area contributed by atoms with Crippen LogP contribution in [0.3, 0.4) is 0 Å². The molecule has 1 rings (SSSR count). The summed E-state index contributed by atoms with van der Waals surface area (Å²) in [5, 5.41) is 3.29. The fraction of sp³-hybridized carbons (Fsp3) is 0.556. The first-order chi connectivity index (χ1) is 6.13. The number of anilines is 1. The van der Waals surface area contributed by atoms with Crippen LogP contribution in [0.2, 0.25) is 0 Å². The van der Waals surface area contributed by atoms with Gasteiger partial charge < -0.3 is 5.32 Å². The van der Waals surface area contributed by atoms with Gasteiger partial charge >= 0.3 is 0 Å². The molecule has 0 bridgehead atoms. The molecule has 0 spiro atoms. The summed E-state index contributed by atoms with van der Waals surface area (Å²) in [4.78, 5) is 8.50. The third kappa shape index (κ3) is 2.95. The maximum Gasteiger partial charge on any atom is 0.147 e. The largest absolute Gasteiger partial charge is 0.366 e. The molecule has 0 aliphatic heterocycles. The van der Waals surface area contributed by atoms with E-state index in [0.29, 0.717) is 6.04 Å². The molecule has 3 nitrogen and oxygen atoms in total. The molecular formula is C9H14BrN3. The predicted octanol–water partition coefficient (Wildman–Crippen LogP) is 2.76. The van der Waals surface area contributed by atoms with Crippen LogP contribution in [0.5, 0.6) is 0 Å². The van der Waals surface area contributed by atoms with Crippen LogP contribution >= 0.6 is 15.9 Å². The van der Waals surface area contributed by atoms with E-state index >= 15 is 0 Å². The van der Waals surface area contributed by atoms with Crippen LogP contribution in [0.4, 0.5) is 5.82 Å². The molecule has 0 saturated heterocycles. The average Bonchev–Trinajstić information content (AvgIpc) is 2.09. The minimum Gasteiger partial charge on any atom is -0.366 e. The number of hydrogen-bond acceptors (Lipinski definition) is 3. The smallest absolute Gasteiger partial charge is 0.147 e. The van der Waals surface area contributed by atoms with Crippen molar-refractivity contribution in [1.29, 1.82) is 0 Å². The lowest BCUT2D eigenvalue weighted by Gasteiger charge is -2.13. The van der Waals surface area contributed by atoms with Crippen LogP contribution in [0, 0.1) is 6.92 Å². The number of aromatic nitrogens is 2. The van der Waals surface area contributed by atoms with E-state index < -0.39 is 0 Å². The third-order valence-electron chi connectivity index (χ3n) is 1.91. The quantitative estimate of drug-likeness (QED) is 0.888. The number of nitrogens with one attached hydrogen (secondary N) is 1. The summed E-state index contributed by atoms with van der Waals surface area (Å²) < 4.78 is 0.778. The van der Waals surface area contributed by atoms with Gasteiger partial charge in [0.05, 0.1) is 11.9 Å². The van der Waals surface area contributed by atoms with Crippen molar-refractivity contribution < 1.29 is 0 Å². The average molecular weight is 244 g/mol. The van der Waals surface area contributed by atoms with E-state index in [-0.39, 0.29) is 0 Å². The van der Waals surface area contributed by atoms with Crippen molar-refractivity contribution in [3.8, 4) is 0 Å². The zero-order valence-electron chi connectivity index (χ0n) is 8.13. The number of aryl methyl sites for hydroxylation is 1. The first kappa shape index (κ1) is 10.4. The van der Waals surface area contributed by atoms with Gasteiger partial charge in [0, 0.05) is 6.04 Å². The monoisotopic (exact) mass is 243 g/mol. The molecule has 0 aromatic carbocycles. The molecular weight excluding hydrogens is 230 g/mol. The molecule has 0 fully saturated rings. The van der Waals surface area contributed by atoms with E-state index in [1.54, 1.807) is 6.20 Å². The number of halogens is 1. The summed E-state index contributed by atoms with van der Waals surface area (Å²) in [5.74, 6) is 0.873. The van der Waals surface area contributed by atoms with E-state index in [1.165, 1.54) is 0 Å². The minimum absolute atomic E-state index is 0.439. The predicted molar refractivity (Wildman–Crippen MR) is 57.8 cm³/mol. The first-order valence-electron chi connectivity index (χ1n) is 4.39. The fourth-order valence-corrected chi connectivity index (χ4v) is 1.30. The van der Waals surface area contributed by atoms with Crippen LogP contribution < -0.4 is 5.32 Å². The van der Waals surface area contributed by atoms with Gasteiger partial charge in [-0.15, -0.1) is 0 Å². The van der Waals surface area contributed by atoms with Gasteiger partial charge in [0.25, 0.3) is 0 Å². The van der Waals surface area contributed by atoms with Crippen LogP contribution in [0.25, 0.3) is 0 Å². The zero-order chi connectivity index (χ0) is 9.84. The van der Waals surface area contributed by atoms with Gasteiger partial charge in [0.15, 0.2) is 0 Å². The van der Waals surface area contributed by atoms with Gasteiger partial charge in [-0.1, -0.05) is 6.92 Å². The molecule has 1 aromatic heterocycles. The van der Waals surface area contributed by atoms with Crippen LogP contribution in [-0.4, -0.2) is 16.0 Å². The highest BCUT2D eigenvalue weighted by molar-refractivity contribution is 9.10. The topological polar surface area (TPSA) is 37.8 Å². The van der Waals surface area contributed by atoms with Gasteiger partial charge in [-0.05, 0) is 36.2 Å². The van der Waals surface area contributed by atoms with Crippen molar-refractivity contribution in [3.63, 3.8) is 0 Å². The van der Waals surface area contributed by atoms with Crippen LogP contribution in [0.1, 0.15) is 26.0 Å². The van der Waals surface area contributed by atoms with Crippen molar-refractivity contribution in [2.75, 3.05) is 5.32 Å². The lowest BCUT2D eigenvalue weighted by molar-refractivity contribution is 0.755. The van der Waals surface area contributed by atoms with E-state index in [0.717, 1.165) is 22.5 Å². The van der Waals surface area contributed by atoms with Crippen molar-refractivity contribution in [3.05, 3.63) is 16.5 Å². The molecule has 72 valence electrons. The number of hydrogen-bond donors (Lipinski definition) is 1. The van der Waals surface area contributed by atoms with Gasteiger partial charge in [0.1, 0.15) is 10.4 Å². The molecule has 1 atom stereocenters. The van der Waals surface area contributed by atoms with Gasteiger partial charge in [-0.2, -0.15) is 0 Å². The van der Waals surface area contributed by atoms with Crippen molar-refractivity contribution >= 4 is 21.7 Å². The highest BCUT2D eigenvalue weighted by Gasteiger charge is 2.04. The Bertz CT molecular complexity index is 288. The molecule has 0 aliphatic carbocycles. The summed E-state index contributed by atoms with van der Waals surface area (Å²) in [6.07, 6.45) is 2.79. The van der Waals surface area contributed by atoms with Crippen molar-refractivity contribution in [2.24, 2.45) is 0 Å². The Labute approximate surface area is 87.1 Å². The Kier molecular flexibility index (Phi) is 3.66. The molecule has 1 aromatic rings. The first-order valence-corrected chi connectivity index (χ1v) is 5.18. The van der Waals surface area contributed by atoms with Crippen LogP contribution in [0.15, 0.2) is 10.8 Å².